The zero-order valence-corrected chi connectivity index (χ0v) is 91.2. The van der Waals surface area contributed by atoms with Crippen LogP contribution < -0.4 is 0 Å². The lowest BCUT2D eigenvalue weighted by Crippen LogP contribution is -2.55. The third-order valence-electron chi connectivity index (χ3n) is 25.7. The van der Waals surface area contributed by atoms with Gasteiger partial charge in [0, 0.05) is 187 Å². The molecule has 752 valence electrons. The number of piperidine rings is 1. The van der Waals surface area contributed by atoms with Crippen molar-refractivity contribution in [2.75, 3.05) is 130 Å². The zero-order valence-electron chi connectivity index (χ0n) is 88.0. The van der Waals surface area contributed by atoms with Gasteiger partial charge in [-0.15, -0.1) is 0 Å². The molecular formula is C107H184ClFN12O8S3. The monoisotopic (exact) mass is 1920 g/mol. The topological polar surface area (TPSA) is 179 Å². The first kappa shape index (κ1) is 121. The van der Waals surface area contributed by atoms with Crippen molar-refractivity contribution in [3.05, 3.63) is 201 Å². The Bertz CT molecular complexity index is 4250. The van der Waals surface area contributed by atoms with E-state index in [1.165, 1.54) is 115 Å². The molecule has 0 radical (unpaired) electrons. The normalized spacial score (nSPS) is 20.8. The third kappa shape index (κ3) is 44.7. The number of halogens is 2. The number of nitrogens with zero attached hydrogens (tertiary/aromatic N) is 12. The van der Waals surface area contributed by atoms with Crippen molar-refractivity contribution in [3.8, 4) is 0 Å². The average molecular weight is 1920 g/mol. The van der Waals surface area contributed by atoms with Gasteiger partial charge in [-0.2, -0.15) is 12.9 Å². The minimum absolute atomic E-state index is 0.0678. The number of rotatable bonds is 18. The summed E-state index contributed by atoms with van der Waals surface area (Å²) in [5.41, 5.74) is 10.2. The van der Waals surface area contributed by atoms with E-state index in [1.54, 1.807) is 26.0 Å². The highest BCUT2D eigenvalue weighted by atomic mass is 35.5. The Kier molecular flexibility index (Phi) is 57.4. The van der Waals surface area contributed by atoms with E-state index in [0.717, 1.165) is 82.8 Å². The minimum Gasteiger partial charge on any atom is -0.379 e. The lowest BCUT2D eigenvalue weighted by atomic mass is 9.99. The number of hydrogen-bond acceptors (Lipinski definition) is 17. The lowest BCUT2D eigenvalue weighted by molar-refractivity contribution is -0.0149. The van der Waals surface area contributed by atoms with E-state index in [4.69, 9.17) is 21.1 Å². The second-order valence-corrected chi connectivity index (χ2v) is 46.4. The summed E-state index contributed by atoms with van der Waals surface area (Å²) in [5.74, 6) is 2.18. The molecule has 7 aliphatic heterocycles. The summed E-state index contributed by atoms with van der Waals surface area (Å²) < 4.78 is 99.1. The maximum Gasteiger partial charge on any atom is 0.218 e. The van der Waals surface area contributed by atoms with Gasteiger partial charge in [0.15, 0.2) is 0 Å². The van der Waals surface area contributed by atoms with Crippen LogP contribution >= 0.6 is 11.6 Å². The smallest absolute Gasteiger partial charge is 0.218 e. The summed E-state index contributed by atoms with van der Waals surface area (Å²) in [5, 5.41) is 0.873. The second kappa shape index (κ2) is 62.7. The molecule has 6 atom stereocenters. The van der Waals surface area contributed by atoms with Crippen LogP contribution in [-0.2, 0) is 45.3 Å². The Balaban J connectivity index is 0.000000378. The van der Waals surface area contributed by atoms with E-state index in [9.17, 15) is 29.6 Å². The highest BCUT2D eigenvalue weighted by Gasteiger charge is 2.35. The van der Waals surface area contributed by atoms with Crippen LogP contribution in [0.3, 0.4) is 0 Å². The van der Waals surface area contributed by atoms with Gasteiger partial charge >= 0.3 is 0 Å². The molecule has 0 N–H and O–H groups in total. The quantitative estimate of drug-likeness (QED) is 0.0792. The van der Waals surface area contributed by atoms with E-state index in [-0.39, 0.29) is 23.4 Å². The summed E-state index contributed by atoms with van der Waals surface area (Å²) in [6.07, 6.45) is 15.7. The molecule has 9 heterocycles. The number of likely N-dealkylation sites (tertiary alicyclic amines) is 2. The predicted molar refractivity (Wildman–Crippen MR) is 559 cm³/mol. The van der Waals surface area contributed by atoms with Crippen molar-refractivity contribution in [2.45, 2.75) is 348 Å². The number of aryl methyl sites for hydroxylation is 2. The van der Waals surface area contributed by atoms with Crippen molar-refractivity contribution in [1.29, 1.82) is 0 Å². The minimum atomic E-state index is -3.35. The van der Waals surface area contributed by atoms with Crippen LogP contribution in [0.5, 0.6) is 0 Å². The number of piperazine rings is 3. The highest BCUT2D eigenvalue weighted by Crippen LogP contribution is 2.34. The number of sulfonamides is 3. The van der Waals surface area contributed by atoms with Crippen molar-refractivity contribution in [1.82, 2.24) is 57.2 Å². The van der Waals surface area contributed by atoms with Gasteiger partial charge in [-0.3, -0.25) is 44.3 Å². The van der Waals surface area contributed by atoms with Crippen molar-refractivity contribution in [3.63, 3.8) is 0 Å². The summed E-state index contributed by atoms with van der Waals surface area (Å²) in [6, 6.07) is 46.3. The molecule has 25 heteroatoms. The summed E-state index contributed by atoms with van der Waals surface area (Å²) >= 11 is 5.92. The Morgan fingerprint density at radius 1 is 0.394 bits per heavy atom. The molecule has 7 aliphatic rings. The first-order chi connectivity index (χ1) is 62.0. The molecule has 0 bridgehead atoms. The molecule has 4 aromatic carbocycles. The van der Waals surface area contributed by atoms with E-state index < -0.39 is 30.1 Å². The fraction of sp³-hybridized carbons (Fsp3) is 0.682. The van der Waals surface area contributed by atoms with Crippen LogP contribution in [0, 0.1) is 19.7 Å². The predicted octanol–water partition coefficient (Wildman–Crippen LogP) is 21.8. The Morgan fingerprint density at radius 3 is 1.21 bits per heavy atom. The molecule has 20 nitrogen and oxygen atoms in total. The fourth-order valence-electron chi connectivity index (χ4n) is 17.9. The van der Waals surface area contributed by atoms with Gasteiger partial charge in [0.05, 0.1) is 44.2 Å². The first-order valence-electron chi connectivity index (χ1n) is 49.7. The first-order valence-corrected chi connectivity index (χ1v) is 55.2. The van der Waals surface area contributed by atoms with Crippen LogP contribution in [0.2, 0.25) is 5.02 Å². The Labute approximate surface area is 811 Å². The Morgan fingerprint density at radius 2 is 0.833 bits per heavy atom. The molecule has 7 saturated heterocycles. The van der Waals surface area contributed by atoms with Crippen molar-refractivity contribution in [2.24, 2.45) is 0 Å². The van der Waals surface area contributed by atoms with Gasteiger partial charge in [0.1, 0.15) is 5.82 Å². The molecule has 6 aromatic rings. The largest absolute Gasteiger partial charge is 0.379 e. The van der Waals surface area contributed by atoms with E-state index >= 15 is 0 Å². The van der Waals surface area contributed by atoms with Gasteiger partial charge in [0.25, 0.3) is 0 Å². The molecule has 0 amide bonds. The van der Waals surface area contributed by atoms with E-state index in [0.29, 0.717) is 129 Å². The standard InChI is InChI=1S/C15H23FN2O2S.C13H19N.C10H22N2O2S.C10H14.C9H11Cl.C9H20N2O2S.C9H13N.C9H19N.C8H17NO.C8H11N.C7H15NO/c1-12(2)18-9-8-17(10-13(18)3)21(19,20)11-14-4-6-15(16)7-5-14;1-11(2)14-10-6-9-13(14)12-7-4-3-5-8-12;1-5-15(13,14)11-6-7-12(9(2)3)10(4)8-11;1-8(2)10-7-5-4-6-9(10)3;1-7(2)8-5-3-4-6-9(8)10;1-8(2)11-6-5-10(7-9(11)3)14(4,12)13;1-7(2)9-4-5-10-6-8(9)3;1-8(2)10-7-5-4-6-9(10)3;1-7(2)9-4-5-10-6-8(9)3;1-7(2)8-4-3-5-9-6-8;1-7(2)8-3-5-9-6-4-8/h4-7,12-13H,8-11H2,1-3H3;3-5,7-8,11,13H,6,9-10H2,1-2H3;9-10H,5-8H2,1-4H3;4-8H,1-3H3;3-7H,1-2H3;8-9H,5-7H2,1-4H3;4-7H,1-3H3;8-9H,4-7H2,1-3H3;7-8H,4-6H2,1-3H3;3-7H,1-2H3;7H,3-6H2,1-2H3. The maximum atomic E-state index is 12.9. The van der Waals surface area contributed by atoms with Crippen LogP contribution in [0.15, 0.2) is 146 Å². The Hall–Kier alpha value is -5.23. The zero-order chi connectivity index (χ0) is 99.3. The van der Waals surface area contributed by atoms with Gasteiger partial charge in [-0.05, 0) is 290 Å². The summed E-state index contributed by atoms with van der Waals surface area (Å²) in [7, 11) is -9.34. The molecule has 2 aromatic heterocycles. The second-order valence-electron chi connectivity index (χ2n) is 39.8. The number of aromatic nitrogens is 2. The SMILES string of the molecule is CC(C)N1CCCC1c1ccccc1.CC(C)N1CCCCC1C.CC(C)N1CCN(S(=O)(=O)Cc2ccc(F)cc2)CC1C.CC(C)N1CCN(S(C)(=O)=O)CC1C.CC(C)N1CCOCC1.CC(C)N1CCOCC1C.CC(C)c1ccccc1Cl.CC(C)c1cccnc1.CCS(=O)(=O)N1CCN(C(C)C)C(C)C1.Cc1ccccc1C(C)C.Cc1cnccc1C(C)C. The molecule has 0 aliphatic carbocycles. The number of benzene rings is 4. The molecular weight excluding hydrogens is 1730 g/mol. The molecule has 13 rings (SSSR count). The van der Waals surface area contributed by atoms with Crippen LogP contribution in [-0.4, -0.2) is 285 Å². The highest BCUT2D eigenvalue weighted by molar-refractivity contribution is 7.89. The maximum absolute atomic E-state index is 12.9. The number of pyridine rings is 2. The number of ether oxygens (including phenoxy) is 2. The van der Waals surface area contributed by atoms with Gasteiger partial charge in [-0.1, -0.05) is 164 Å². The van der Waals surface area contributed by atoms with Gasteiger partial charge < -0.3 is 9.47 Å². The number of hydrogen-bond donors (Lipinski definition) is 0. The van der Waals surface area contributed by atoms with Gasteiger partial charge in [0.2, 0.25) is 30.1 Å². The van der Waals surface area contributed by atoms with Crippen LogP contribution in [0.4, 0.5) is 4.39 Å². The van der Waals surface area contributed by atoms with Crippen molar-refractivity contribution < 1.29 is 39.1 Å². The van der Waals surface area contributed by atoms with Gasteiger partial charge in [-0.25, -0.2) is 29.6 Å². The van der Waals surface area contributed by atoms with E-state index in [2.05, 4.69) is 318 Å². The summed E-state index contributed by atoms with van der Waals surface area (Å²) in [4.78, 5) is 25.1. The molecule has 0 saturated carbocycles. The average Bonchev–Trinajstić information content (AvgIpc) is 1.26. The fourth-order valence-corrected chi connectivity index (χ4v) is 22.0. The lowest BCUT2D eigenvalue weighted by Gasteiger charge is -2.41. The van der Waals surface area contributed by atoms with E-state index in [1.807, 2.05) is 42.9 Å². The van der Waals surface area contributed by atoms with Crippen molar-refractivity contribution >= 4 is 41.7 Å². The third-order valence-corrected chi connectivity index (χ3v) is 31.0. The molecule has 132 heavy (non-hydrogen) atoms. The molecule has 6 unspecified atom stereocenters. The molecule has 0 spiro atoms. The number of morpholine rings is 2. The summed E-state index contributed by atoms with van der Waals surface area (Å²) in [6.45, 7) is 80.7. The van der Waals surface area contributed by atoms with Crippen LogP contribution in [0.25, 0.3) is 0 Å². The molecule has 7 fully saturated rings. The van der Waals surface area contributed by atoms with Crippen LogP contribution in [0.1, 0.15) is 300 Å².